The normalized spacial score (nSPS) is 21.3. The highest BCUT2D eigenvalue weighted by atomic mass is 127. The molecule has 1 heterocycles. The summed E-state index contributed by atoms with van der Waals surface area (Å²) in [5, 5.41) is 16.1. The molecule has 1 aromatic rings. The Labute approximate surface area is 178 Å². The Morgan fingerprint density at radius 2 is 2.07 bits per heavy atom. The van der Waals surface area contributed by atoms with Gasteiger partial charge in [-0.1, -0.05) is 18.9 Å². The van der Waals surface area contributed by atoms with E-state index in [0.717, 1.165) is 43.5 Å². The van der Waals surface area contributed by atoms with Crippen molar-refractivity contribution in [3.8, 4) is 5.75 Å². The minimum atomic E-state index is -0.603. The quantitative estimate of drug-likeness (QED) is 0.325. The highest BCUT2D eigenvalue weighted by Crippen LogP contribution is 2.26. The zero-order valence-electron chi connectivity index (χ0n) is 16.1. The van der Waals surface area contributed by atoms with E-state index < -0.39 is 5.82 Å². The van der Waals surface area contributed by atoms with Crippen molar-refractivity contribution in [2.24, 2.45) is 10.9 Å². The summed E-state index contributed by atoms with van der Waals surface area (Å²) in [6.07, 6.45) is 6.71. The van der Waals surface area contributed by atoms with Crippen LogP contribution in [0.4, 0.5) is 4.39 Å². The molecule has 1 aliphatic heterocycles. The van der Waals surface area contributed by atoms with Crippen LogP contribution in [-0.2, 0) is 6.54 Å². The predicted octanol–water partition coefficient (Wildman–Crippen LogP) is 3.47. The van der Waals surface area contributed by atoms with Gasteiger partial charge < -0.3 is 20.6 Å². The smallest absolute Gasteiger partial charge is 0.191 e. The van der Waals surface area contributed by atoms with E-state index in [1.165, 1.54) is 44.4 Å². The number of hydrogen-bond donors (Lipinski definition) is 3. The van der Waals surface area contributed by atoms with Crippen LogP contribution in [0.2, 0.25) is 0 Å². The summed E-state index contributed by atoms with van der Waals surface area (Å²) in [5.74, 6) is 0.735. The van der Waals surface area contributed by atoms with Crippen LogP contribution in [-0.4, -0.2) is 48.2 Å². The molecule has 0 radical (unpaired) electrons. The lowest BCUT2D eigenvalue weighted by atomic mass is 10.1. The number of benzene rings is 1. The highest BCUT2D eigenvalue weighted by molar-refractivity contribution is 14.0. The van der Waals surface area contributed by atoms with Crippen molar-refractivity contribution in [2.45, 2.75) is 51.6 Å². The van der Waals surface area contributed by atoms with E-state index in [9.17, 15) is 9.50 Å². The topological polar surface area (TPSA) is 59.9 Å². The van der Waals surface area contributed by atoms with Crippen molar-refractivity contribution in [1.29, 1.82) is 0 Å². The molecule has 27 heavy (non-hydrogen) atoms. The second-order valence-corrected chi connectivity index (χ2v) is 7.52. The fraction of sp³-hybridized carbons (Fsp3) is 0.650. The van der Waals surface area contributed by atoms with Gasteiger partial charge >= 0.3 is 0 Å². The van der Waals surface area contributed by atoms with Gasteiger partial charge in [-0.3, -0.25) is 0 Å². The SMILES string of the molecule is CCNC(=NCc1ccc(O)c(F)c1)NC1CCN(CC2CCCC2)C1.I. The third kappa shape index (κ3) is 6.78. The number of phenols is 1. The van der Waals surface area contributed by atoms with E-state index in [1.807, 2.05) is 6.92 Å². The number of aliphatic imine (C=N–C) groups is 1. The molecule has 0 amide bonds. The van der Waals surface area contributed by atoms with E-state index >= 15 is 0 Å². The zero-order chi connectivity index (χ0) is 18.4. The molecule has 2 aliphatic rings. The maximum absolute atomic E-state index is 13.5. The van der Waals surface area contributed by atoms with Gasteiger partial charge in [0.15, 0.2) is 17.5 Å². The first-order valence-electron chi connectivity index (χ1n) is 9.88. The van der Waals surface area contributed by atoms with E-state index in [-0.39, 0.29) is 29.7 Å². The number of nitrogens with zero attached hydrogens (tertiary/aromatic N) is 2. The third-order valence-electron chi connectivity index (χ3n) is 5.38. The molecule has 1 unspecified atom stereocenters. The molecule has 1 saturated carbocycles. The van der Waals surface area contributed by atoms with Gasteiger partial charge in [0.25, 0.3) is 0 Å². The summed E-state index contributed by atoms with van der Waals surface area (Å²) in [6.45, 7) is 6.65. The maximum atomic E-state index is 13.5. The Morgan fingerprint density at radius 3 is 2.78 bits per heavy atom. The molecule has 1 aromatic carbocycles. The molecule has 2 fully saturated rings. The number of nitrogens with one attached hydrogen (secondary N) is 2. The van der Waals surface area contributed by atoms with Crippen molar-refractivity contribution in [3.05, 3.63) is 29.6 Å². The van der Waals surface area contributed by atoms with Gasteiger partial charge in [0.05, 0.1) is 6.54 Å². The number of phenolic OH excluding ortho intramolecular Hbond substituents is 1. The highest BCUT2D eigenvalue weighted by Gasteiger charge is 2.26. The van der Waals surface area contributed by atoms with E-state index in [4.69, 9.17) is 0 Å². The Bertz CT molecular complexity index is 622. The second kappa shape index (κ2) is 11.0. The van der Waals surface area contributed by atoms with Crippen LogP contribution in [0.25, 0.3) is 0 Å². The second-order valence-electron chi connectivity index (χ2n) is 7.52. The molecule has 3 N–H and O–H groups in total. The number of aromatic hydroxyl groups is 1. The summed E-state index contributed by atoms with van der Waals surface area (Å²) in [4.78, 5) is 7.15. The number of halogens is 2. The molecule has 0 aromatic heterocycles. The largest absolute Gasteiger partial charge is 0.505 e. The molecular formula is C20H32FIN4O. The summed E-state index contributed by atoms with van der Waals surface area (Å²) in [6, 6.07) is 4.81. The lowest BCUT2D eigenvalue weighted by Crippen LogP contribution is -2.44. The number of likely N-dealkylation sites (tertiary alicyclic amines) is 1. The Balaban J connectivity index is 0.00000261. The summed E-state index contributed by atoms with van der Waals surface area (Å²) in [7, 11) is 0. The first kappa shape index (κ1) is 22.2. The van der Waals surface area contributed by atoms with Crippen LogP contribution in [0.15, 0.2) is 23.2 Å². The molecule has 1 atom stereocenters. The molecule has 1 saturated heterocycles. The Hall–Kier alpha value is -1.09. The number of rotatable bonds is 6. The summed E-state index contributed by atoms with van der Waals surface area (Å²) in [5.41, 5.74) is 0.742. The average molecular weight is 490 g/mol. The number of hydrogen-bond acceptors (Lipinski definition) is 3. The van der Waals surface area contributed by atoms with Gasteiger partial charge in [-0.25, -0.2) is 9.38 Å². The van der Waals surface area contributed by atoms with Crippen molar-refractivity contribution in [2.75, 3.05) is 26.2 Å². The van der Waals surface area contributed by atoms with Gasteiger partial charge in [0.1, 0.15) is 0 Å². The minimum Gasteiger partial charge on any atom is -0.505 e. The first-order chi connectivity index (χ1) is 12.6. The molecule has 0 bridgehead atoms. The van der Waals surface area contributed by atoms with E-state index in [2.05, 4.69) is 20.5 Å². The Kier molecular flexibility index (Phi) is 9.08. The van der Waals surface area contributed by atoms with E-state index in [1.54, 1.807) is 6.07 Å². The van der Waals surface area contributed by atoms with Gasteiger partial charge in [-0.05, 0) is 49.8 Å². The molecule has 3 rings (SSSR count). The monoisotopic (exact) mass is 490 g/mol. The standard InChI is InChI=1S/C20H31FN4O.HI/c1-2-22-20(23-12-16-7-8-19(26)18(21)11-16)24-17-9-10-25(14-17)13-15-5-3-4-6-15;/h7-8,11,15,17,26H,2-6,9-10,12-14H2,1H3,(H2,22,23,24);1H. The van der Waals surface area contributed by atoms with Gasteiger partial charge in [0, 0.05) is 32.2 Å². The van der Waals surface area contributed by atoms with E-state index in [0.29, 0.717) is 12.6 Å². The van der Waals surface area contributed by atoms with Crippen LogP contribution >= 0.6 is 24.0 Å². The van der Waals surface area contributed by atoms with Crippen LogP contribution in [0.5, 0.6) is 5.75 Å². The van der Waals surface area contributed by atoms with Crippen LogP contribution in [0.1, 0.15) is 44.6 Å². The van der Waals surface area contributed by atoms with Gasteiger partial charge in [-0.2, -0.15) is 0 Å². The van der Waals surface area contributed by atoms with Crippen LogP contribution in [0.3, 0.4) is 0 Å². The predicted molar refractivity (Wildman–Crippen MR) is 118 cm³/mol. The fourth-order valence-electron chi connectivity index (χ4n) is 4.01. The molecule has 1 aliphatic carbocycles. The summed E-state index contributed by atoms with van der Waals surface area (Å²) >= 11 is 0. The summed E-state index contributed by atoms with van der Waals surface area (Å²) < 4.78 is 13.5. The number of guanidine groups is 1. The third-order valence-corrected chi connectivity index (χ3v) is 5.38. The molecular weight excluding hydrogens is 458 g/mol. The molecule has 7 heteroatoms. The van der Waals surface area contributed by atoms with Crippen molar-refractivity contribution in [1.82, 2.24) is 15.5 Å². The fourth-order valence-corrected chi connectivity index (χ4v) is 4.01. The molecule has 0 spiro atoms. The van der Waals surface area contributed by atoms with Crippen molar-refractivity contribution < 1.29 is 9.50 Å². The van der Waals surface area contributed by atoms with Crippen LogP contribution < -0.4 is 10.6 Å². The van der Waals surface area contributed by atoms with Crippen LogP contribution in [0, 0.1) is 11.7 Å². The first-order valence-corrected chi connectivity index (χ1v) is 9.88. The Morgan fingerprint density at radius 1 is 1.30 bits per heavy atom. The van der Waals surface area contributed by atoms with Crippen molar-refractivity contribution >= 4 is 29.9 Å². The zero-order valence-corrected chi connectivity index (χ0v) is 18.4. The minimum absolute atomic E-state index is 0. The molecule has 5 nitrogen and oxygen atoms in total. The molecule has 152 valence electrons. The lowest BCUT2D eigenvalue weighted by Gasteiger charge is -2.21. The average Bonchev–Trinajstić information content (AvgIpc) is 3.28. The lowest BCUT2D eigenvalue weighted by molar-refractivity contribution is 0.275. The van der Waals surface area contributed by atoms with Gasteiger partial charge in [0.2, 0.25) is 0 Å². The van der Waals surface area contributed by atoms with Gasteiger partial charge in [-0.15, -0.1) is 24.0 Å². The van der Waals surface area contributed by atoms with Crippen molar-refractivity contribution in [3.63, 3.8) is 0 Å². The maximum Gasteiger partial charge on any atom is 0.191 e.